The fraction of sp³-hybridized carbons (Fsp3) is 0.381. The molecule has 1 aliphatic rings. The zero-order valence-electron chi connectivity index (χ0n) is 16.6. The van der Waals surface area contributed by atoms with Gasteiger partial charge in [-0.05, 0) is 49.2 Å². The van der Waals surface area contributed by atoms with Gasteiger partial charge in [-0.2, -0.15) is 4.31 Å². The summed E-state index contributed by atoms with van der Waals surface area (Å²) in [5.41, 5.74) is 0.620. The van der Waals surface area contributed by atoms with Crippen LogP contribution in [0, 0.1) is 0 Å². The van der Waals surface area contributed by atoms with Crippen molar-refractivity contribution in [2.75, 3.05) is 26.1 Å². The van der Waals surface area contributed by atoms with Crippen LogP contribution in [-0.2, 0) is 14.8 Å². The Kier molecular flexibility index (Phi) is 6.76. The molecule has 1 amide bonds. The Hall–Kier alpha value is -2.58. The van der Waals surface area contributed by atoms with Gasteiger partial charge in [0.25, 0.3) is 0 Å². The van der Waals surface area contributed by atoms with Gasteiger partial charge in [0.2, 0.25) is 15.9 Å². The second-order valence-electron chi connectivity index (χ2n) is 6.93. The molecule has 1 fully saturated rings. The maximum Gasteiger partial charge on any atom is 0.243 e. The molecule has 7 nitrogen and oxygen atoms in total. The van der Waals surface area contributed by atoms with Crippen molar-refractivity contribution in [1.29, 1.82) is 0 Å². The summed E-state index contributed by atoms with van der Waals surface area (Å²) in [5, 5.41) is 2.83. The molecule has 0 aromatic heterocycles. The summed E-state index contributed by atoms with van der Waals surface area (Å²) in [7, 11) is -0.594. The number of carbonyl (C=O) groups excluding carboxylic acids is 1. The molecule has 8 heteroatoms. The molecule has 0 saturated carbocycles. The average Bonchev–Trinajstić information content (AvgIpc) is 2.74. The van der Waals surface area contributed by atoms with Gasteiger partial charge in [0.15, 0.2) is 0 Å². The van der Waals surface area contributed by atoms with Gasteiger partial charge in [-0.1, -0.05) is 12.5 Å². The number of hydrogen-bond donors (Lipinski definition) is 1. The first-order valence-corrected chi connectivity index (χ1v) is 11.0. The molecule has 0 bridgehead atoms. The molecule has 2 aromatic carbocycles. The van der Waals surface area contributed by atoms with Crippen molar-refractivity contribution in [3.63, 3.8) is 0 Å². The van der Waals surface area contributed by atoms with E-state index in [4.69, 9.17) is 9.47 Å². The highest BCUT2D eigenvalue weighted by atomic mass is 32.2. The number of methoxy groups -OCH3 is 2. The Morgan fingerprint density at radius 2 is 1.79 bits per heavy atom. The molecule has 1 N–H and O–H groups in total. The van der Waals surface area contributed by atoms with Crippen LogP contribution in [0.3, 0.4) is 0 Å². The molecular weight excluding hydrogens is 392 g/mol. The van der Waals surface area contributed by atoms with E-state index in [9.17, 15) is 13.2 Å². The van der Waals surface area contributed by atoms with Crippen LogP contribution in [0.15, 0.2) is 53.4 Å². The number of piperidine rings is 1. The van der Waals surface area contributed by atoms with E-state index in [0.29, 0.717) is 30.2 Å². The second kappa shape index (κ2) is 9.28. The molecule has 1 aliphatic heterocycles. The van der Waals surface area contributed by atoms with Crippen molar-refractivity contribution in [2.24, 2.45) is 0 Å². The Labute approximate surface area is 171 Å². The van der Waals surface area contributed by atoms with E-state index >= 15 is 0 Å². The lowest BCUT2D eigenvalue weighted by Gasteiger charge is -2.34. The van der Waals surface area contributed by atoms with Gasteiger partial charge in [-0.25, -0.2) is 8.42 Å². The molecule has 0 radical (unpaired) electrons. The Balaban J connectivity index is 1.73. The number of benzene rings is 2. The quantitative estimate of drug-likeness (QED) is 0.746. The van der Waals surface area contributed by atoms with Gasteiger partial charge in [0, 0.05) is 30.8 Å². The summed E-state index contributed by atoms with van der Waals surface area (Å²) in [4.78, 5) is 12.8. The largest absolute Gasteiger partial charge is 0.497 e. The number of nitrogens with one attached hydrogen (secondary N) is 1. The zero-order valence-corrected chi connectivity index (χ0v) is 17.4. The molecule has 0 spiro atoms. The molecule has 3 rings (SSSR count). The zero-order chi connectivity index (χ0) is 20.9. The lowest BCUT2D eigenvalue weighted by molar-refractivity contribution is -0.117. The summed E-state index contributed by atoms with van der Waals surface area (Å²) < 4.78 is 38.0. The molecule has 1 saturated heterocycles. The van der Waals surface area contributed by atoms with Gasteiger partial charge in [-0.15, -0.1) is 0 Å². The summed E-state index contributed by atoms with van der Waals surface area (Å²) in [6.07, 6.45) is 2.43. The van der Waals surface area contributed by atoms with Gasteiger partial charge in [0.1, 0.15) is 11.5 Å². The lowest BCUT2D eigenvalue weighted by atomic mass is 10.0. The summed E-state index contributed by atoms with van der Waals surface area (Å²) in [6.45, 7) is 0.408. The molecular formula is C21H26N2O5S. The number of ether oxygens (including phenoxy) is 2. The van der Waals surface area contributed by atoms with E-state index in [1.54, 1.807) is 43.5 Å². The normalized spacial score (nSPS) is 17.5. The summed E-state index contributed by atoms with van der Waals surface area (Å²) in [6, 6.07) is 13.0. The summed E-state index contributed by atoms with van der Waals surface area (Å²) in [5.74, 6) is 1.01. The topological polar surface area (TPSA) is 84.9 Å². The number of amides is 1. The van der Waals surface area contributed by atoms with Crippen LogP contribution in [0.2, 0.25) is 0 Å². The predicted octanol–water partition coefficient (Wildman–Crippen LogP) is 3.28. The van der Waals surface area contributed by atoms with E-state index in [-0.39, 0.29) is 23.3 Å². The van der Waals surface area contributed by atoms with Crippen LogP contribution in [0.5, 0.6) is 11.5 Å². The molecule has 1 heterocycles. The highest BCUT2D eigenvalue weighted by molar-refractivity contribution is 7.89. The third-order valence-electron chi connectivity index (χ3n) is 5.01. The Morgan fingerprint density at radius 1 is 1.07 bits per heavy atom. The third-order valence-corrected chi connectivity index (χ3v) is 6.98. The van der Waals surface area contributed by atoms with Crippen LogP contribution in [-0.4, -0.2) is 45.4 Å². The highest BCUT2D eigenvalue weighted by Crippen LogP contribution is 2.28. The van der Waals surface area contributed by atoms with Crippen molar-refractivity contribution in [1.82, 2.24) is 4.31 Å². The lowest BCUT2D eigenvalue weighted by Crippen LogP contribution is -2.45. The van der Waals surface area contributed by atoms with Gasteiger partial charge >= 0.3 is 0 Å². The molecule has 0 aliphatic carbocycles. The Bertz CT molecular complexity index is 944. The van der Waals surface area contributed by atoms with Crippen molar-refractivity contribution < 1.29 is 22.7 Å². The van der Waals surface area contributed by atoms with Crippen LogP contribution in [0.4, 0.5) is 5.69 Å². The minimum atomic E-state index is -3.69. The smallest absolute Gasteiger partial charge is 0.243 e. The Morgan fingerprint density at radius 3 is 2.48 bits per heavy atom. The number of carbonyl (C=O) groups is 1. The maximum absolute atomic E-state index is 13.2. The number of anilines is 1. The van der Waals surface area contributed by atoms with Gasteiger partial charge in [-0.3, -0.25) is 4.79 Å². The number of nitrogens with zero attached hydrogens (tertiary/aromatic N) is 1. The first-order chi connectivity index (χ1) is 13.9. The van der Waals surface area contributed by atoms with Crippen LogP contribution in [0.25, 0.3) is 0 Å². The van der Waals surface area contributed by atoms with E-state index in [1.807, 2.05) is 0 Å². The third kappa shape index (κ3) is 5.07. The molecule has 156 valence electrons. The van der Waals surface area contributed by atoms with Crippen molar-refractivity contribution in [3.05, 3.63) is 48.5 Å². The van der Waals surface area contributed by atoms with Crippen LogP contribution < -0.4 is 14.8 Å². The SMILES string of the molecule is COc1ccc(S(=O)(=O)N2CCCCC2CC(=O)Nc2cccc(OC)c2)cc1. The number of rotatable bonds is 7. The van der Waals surface area contributed by atoms with Gasteiger partial charge in [0.05, 0.1) is 19.1 Å². The fourth-order valence-electron chi connectivity index (χ4n) is 3.50. The maximum atomic E-state index is 13.2. The van der Waals surface area contributed by atoms with Crippen molar-refractivity contribution in [3.8, 4) is 11.5 Å². The van der Waals surface area contributed by atoms with E-state index < -0.39 is 10.0 Å². The molecule has 1 atom stereocenters. The predicted molar refractivity (Wildman–Crippen MR) is 111 cm³/mol. The molecule has 2 aromatic rings. The number of sulfonamides is 1. The molecule has 29 heavy (non-hydrogen) atoms. The fourth-order valence-corrected chi connectivity index (χ4v) is 5.20. The minimum absolute atomic E-state index is 0.104. The van der Waals surface area contributed by atoms with Crippen molar-refractivity contribution in [2.45, 2.75) is 36.6 Å². The van der Waals surface area contributed by atoms with Crippen LogP contribution in [0.1, 0.15) is 25.7 Å². The first-order valence-electron chi connectivity index (χ1n) is 9.54. The average molecular weight is 419 g/mol. The van der Waals surface area contributed by atoms with Gasteiger partial charge < -0.3 is 14.8 Å². The first kappa shape index (κ1) is 21.1. The number of hydrogen-bond acceptors (Lipinski definition) is 5. The second-order valence-corrected chi connectivity index (χ2v) is 8.82. The monoisotopic (exact) mass is 418 g/mol. The van der Waals surface area contributed by atoms with Crippen molar-refractivity contribution >= 4 is 21.6 Å². The summed E-state index contributed by atoms with van der Waals surface area (Å²) >= 11 is 0. The standard InChI is InChI=1S/C21H26N2O5S/c1-27-18-9-11-20(12-10-18)29(25,26)23-13-4-3-7-17(23)15-21(24)22-16-6-5-8-19(14-16)28-2/h5-6,8-12,14,17H,3-4,7,13,15H2,1-2H3,(H,22,24). The molecule has 1 unspecified atom stereocenters. The minimum Gasteiger partial charge on any atom is -0.497 e. The van der Waals surface area contributed by atoms with E-state index in [2.05, 4.69) is 5.32 Å². The van der Waals surface area contributed by atoms with Crippen LogP contribution >= 0.6 is 0 Å². The highest BCUT2D eigenvalue weighted by Gasteiger charge is 2.34. The van der Waals surface area contributed by atoms with E-state index in [1.165, 1.54) is 23.5 Å². The van der Waals surface area contributed by atoms with E-state index in [0.717, 1.165) is 12.8 Å².